The van der Waals surface area contributed by atoms with Gasteiger partial charge in [0, 0.05) is 6.42 Å². The molecule has 6 nitrogen and oxygen atoms in total. The van der Waals surface area contributed by atoms with Crippen LogP contribution in [0.25, 0.3) is 0 Å². The largest absolute Gasteiger partial charge is 0.480 e. The molecule has 0 aliphatic carbocycles. The maximum Gasteiger partial charge on any atom is 0.326 e. The summed E-state index contributed by atoms with van der Waals surface area (Å²) in [4.78, 5) is 32.2. The van der Waals surface area contributed by atoms with Crippen molar-refractivity contribution < 1.29 is 24.2 Å². The zero-order chi connectivity index (χ0) is 11.8. The van der Waals surface area contributed by atoms with Gasteiger partial charge in [0.05, 0.1) is 7.11 Å². The number of carboxylic acids is 1. The van der Waals surface area contributed by atoms with E-state index in [4.69, 9.17) is 5.11 Å². The molecule has 15 heavy (non-hydrogen) atoms. The molecule has 0 aromatic heterocycles. The van der Waals surface area contributed by atoms with Crippen molar-refractivity contribution in [2.45, 2.75) is 18.9 Å². The molecule has 0 aliphatic rings. The molecular weight excluding hydrogens is 202 g/mol. The average molecular weight is 215 g/mol. The molecule has 0 saturated carbocycles. The van der Waals surface area contributed by atoms with Gasteiger partial charge in [-0.05, 0) is 12.5 Å². The molecule has 0 radical (unpaired) electrons. The molecule has 2 N–H and O–H groups in total. The van der Waals surface area contributed by atoms with Crippen LogP contribution in [0.2, 0.25) is 0 Å². The number of rotatable bonds is 6. The standard InChI is InChI=1S/C9H13NO5/c1-3-7(11)10-6(9(13)14)4-5-8(12)15-2/h3,6H,1,4-5H2,2H3,(H,10,11)(H,13,14)/t6-/m1/s1. The van der Waals surface area contributed by atoms with Crippen LogP contribution in [0.4, 0.5) is 0 Å². The second-order valence-electron chi connectivity index (χ2n) is 2.72. The van der Waals surface area contributed by atoms with Crippen LogP contribution in [-0.4, -0.2) is 36.1 Å². The fourth-order valence-corrected chi connectivity index (χ4v) is 0.852. The van der Waals surface area contributed by atoms with Gasteiger partial charge in [0.1, 0.15) is 6.04 Å². The lowest BCUT2D eigenvalue weighted by Crippen LogP contribution is -2.40. The Morgan fingerprint density at radius 2 is 2.13 bits per heavy atom. The van der Waals surface area contributed by atoms with E-state index in [1.807, 2.05) is 0 Å². The number of ether oxygens (including phenoxy) is 1. The fraction of sp³-hybridized carbons (Fsp3) is 0.444. The topological polar surface area (TPSA) is 92.7 Å². The van der Waals surface area contributed by atoms with E-state index < -0.39 is 23.9 Å². The fourth-order valence-electron chi connectivity index (χ4n) is 0.852. The molecule has 0 aromatic rings. The number of hydrogen-bond donors (Lipinski definition) is 2. The highest BCUT2D eigenvalue weighted by atomic mass is 16.5. The monoisotopic (exact) mass is 215 g/mol. The highest BCUT2D eigenvalue weighted by molar-refractivity contribution is 5.90. The van der Waals surface area contributed by atoms with E-state index in [2.05, 4.69) is 16.6 Å². The summed E-state index contributed by atoms with van der Waals surface area (Å²) in [5, 5.41) is 10.9. The highest BCUT2D eigenvalue weighted by Gasteiger charge is 2.19. The average Bonchev–Trinajstić information content (AvgIpc) is 2.22. The maximum absolute atomic E-state index is 10.8. The van der Waals surface area contributed by atoms with Crippen LogP contribution < -0.4 is 5.32 Å². The molecule has 6 heteroatoms. The normalized spacial score (nSPS) is 11.3. The summed E-state index contributed by atoms with van der Waals surface area (Å²) in [5.74, 6) is -2.31. The van der Waals surface area contributed by atoms with Gasteiger partial charge >= 0.3 is 11.9 Å². The third kappa shape index (κ3) is 5.45. The van der Waals surface area contributed by atoms with Crippen LogP contribution in [0.1, 0.15) is 12.8 Å². The number of aliphatic carboxylic acids is 1. The molecule has 0 rings (SSSR count). The lowest BCUT2D eigenvalue weighted by Gasteiger charge is -2.11. The van der Waals surface area contributed by atoms with Gasteiger partial charge < -0.3 is 15.2 Å². The van der Waals surface area contributed by atoms with Crippen LogP contribution in [-0.2, 0) is 19.1 Å². The minimum atomic E-state index is -1.20. The Hall–Kier alpha value is -1.85. The van der Waals surface area contributed by atoms with Gasteiger partial charge in [-0.25, -0.2) is 4.79 Å². The zero-order valence-corrected chi connectivity index (χ0v) is 8.36. The summed E-state index contributed by atoms with van der Waals surface area (Å²) in [6.07, 6.45) is 0.889. The number of carbonyl (C=O) groups is 3. The van der Waals surface area contributed by atoms with Crippen LogP contribution >= 0.6 is 0 Å². The van der Waals surface area contributed by atoms with Gasteiger partial charge in [-0.3, -0.25) is 9.59 Å². The van der Waals surface area contributed by atoms with Gasteiger partial charge in [-0.2, -0.15) is 0 Å². The van der Waals surface area contributed by atoms with Crippen molar-refractivity contribution in [3.8, 4) is 0 Å². The molecule has 84 valence electrons. The maximum atomic E-state index is 10.8. The minimum absolute atomic E-state index is 0.0123. The first kappa shape index (κ1) is 13.2. The van der Waals surface area contributed by atoms with Crippen molar-refractivity contribution in [1.29, 1.82) is 0 Å². The SMILES string of the molecule is C=CC(=O)N[C@H](CCC(=O)OC)C(=O)O. The summed E-state index contributed by atoms with van der Waals surface area (Å²) >= 11 is 0. The second-order valence-corrected chi connectivity index (χ2v) is 2.72. The number of methoxy groups -OCH3 is 1. The van der Waals surface area contributed by atoms with E-state index in [1.165, 1.54) is 7.11 Å². The Balaban J connectivity index is 4.16. The van der Waals surface area contributed by atoms with Gasteiger partial charge in [0.2, 0.25) is 5.91 Å². The van der Waals surface area contributed by atoms with Gasteiger partial charge in [0.25, 0.3) is 0 Å². The van der Waals surface area contributed by atoms with E-state index in [-0.39, 0.29) is 12.8 Å². The summed E-state index contributed by atoms with van der Waals surface area (Å²) in [5.41, 5.74) is 0. The Morgan fingerprint density at radius 1 is 1.53 bits per heavy atom. The van der Waals surface area contributed by atoms with E-state index in [9.17, 15) is 14.4 Å². The van der Waals surface area contributed by atoms with E-state index in [0.29, 0.717) is 0 Å². The van der Waals surface area contributed by atoms with Gasteiger partial charge in [-0.1, -0.05) is 6.58 Å². The van der Waals surface area contributed by atoms with Gasteiger partial charge in [0.15, 0.2) is 0 Å². The first-order chi connectivity index (χ1) is 7.01. The number of hydrogen-bond acceptors (Lipinski definition) is 4. The van der Waals surface area contributed by atoms with Crippen molar-refractivity contribution >= 4 is 17.8 Å². The highest BCUT2D eigenvalue weighted by Crippen LogP contribution is 1.99. The lowest BCUT2D eigenvalue weighted by atomic mass is 10.1. The molecule has 0 fully saturated rings. The predicted molar refractivity (Wildman–Crippen MR) is 51.0 cm³/mol. The van der Waals surface area contributed by atoms with E-state index >= 15 is 0 Å². The first-order valence-corrected chi connectivity index (χ1v) is 4.23. The van der Waals surface area contributed by atoms with Gasteiger partial charge in [-0.15, -0.1) is 0 Å². The second kappa shape index (κ2) is 6.58. The third-order valence-electron chi connectivity index (χ3n) is 1.66. The van der Waals surface area contributed by atoms with Crippen molar-refractivity contribution in [2.75, 3.05) is 7.11 Å². The summed E-state index contributed by atoms with van der Waals surface area (Å²) in [7, 11) is 1.21. The van der Waals surface area contributed by atoms with Crippen molar-refractivity contribution in [2.24, 2.45) is 0 Å². The lowest BCUT2D eigenvalue weighted by molar-refractivity contribution is -0.143. The Labute approximate surface area is 86.9 Å². The number of carboxylic acid groups (broad SMARTS) is 1. The Kier molecular flexibility index (Phi) is 5.77. The summed E-state index contributed by atoms with van der Waals surface area (Å²) in [6.45, 7) is 3.19. The van der Waals surface area contributed by atoms with Crippen molar-refractivity contribution in [3.63, 3.8) is 0 Å². The Morgan fingerprint density at radius 3 is 2.53 bits per heavy atom. The minimum Gasteiger partial charge on any atom is -0.480 e. The van der Waals surface area contributed by atoms with E-state index in [1.54, 1.807) is 0 Å². The molecule has 0 heterocycles. The Bertz CT molecular complexity index is 274. The van der Waals surface area contributed by atoms with E-state index in [0.717, 1.165) is 6.08 Å². The van der Waals surface area contributed by atoms with Crippen LogP contribution in [0, 0.1) is 0 Å². The quantitative estimate of drug-likeness (QED) is 0.468. The molecule has 0 bridgehead atoms. The van der Waals surface area contributed by atoms with Crippen LogP contribution in [0.5, 0.6) is 0 Å². The zero-order valence-electron chi connectivity index (χ0n) is 8.36. The molecule has 1 atom stereocenters. The third-order valence-corrected chi connectivity index (χ3v) is 1.66. The molecule has 0 unspecified atom stereocenters. The molecule has 0 aromatic carbocycles. The predicted octanol–water partition coefficient (Wildman–Crippen LogP) is -0.305. The molecular formula is C9H13NO5. The first-order valence-electron chi connectivity index (χ1n) is 4.23. The van der Waals surface area contributed by atoms with Crippen molar-refractivity contribution in [3.05, 3.63) is 12.7 Å². The molecule has 0 saturated heterocycles. The smallest absolute Gasteiger partial charge is 0.326 e. The number of esters is 1. The summed E-state index contributed by atoms with van der Waals surface area (Å²) < 4.78 is 4.35. The van der Waals surface area contributed by atoms with Crippen molar-refractivity contribution in [1.82, 2.24) is 5.32 Å². The molecule has 0 spiro atoms. The molecule has 0 aliphatic heterocycles. The summed E-state index contributed by atoms with van der Waals surface area (Å²) in [6, 6.07) is -1.10. The van der Waals surface area contributed by atoms with Crippen LogP contribution in [0.3, 0.4) is 0 Å². The number of nitrogens with one attached hydrogen (secondary N) is 1. The van der Waals surface area contributed by atoms with Crippen LogP contribution in [0.15, 0.2) is 12.7 Å². The molecule has 1 amide bonds. The number of carbonyl (C=O) groups excluding carboxylic acids is 2. The number of amides is 1.